The molecule has 1 saturated heterocycles. The van der Waals surface area contributed by atoms with Gasteiger partial charge in [-0.1, -0.05) is 38.5 Å². The van der Waals surface area contributed by atoms with Crippen molar-refractivity contribution in [3.05, 3.63) is 88.1 Å². The number of nitrogens with zero attached hydrogens (tertiary/aromatic N) is 3. The molecule has 0 bridgehead atoms. The maximum atomic E-state index is 13.7. The number of amides is 1. The van der Waals surface area contributed by atoms with Crippen LogP contribution >= 0.6 is 0 Å². The minimum Gasteiger partial charge on any atom is -0.384 e. The second-order valence-electron chi connectivity index (χ2n) is 10.2. The minimum atomic E-state index is -4.49. The number of aromatic nitrogens is 1. The normalized spacial score (nSPS) is 14.4. The van der Waals surface area contributed by atoms with Gasteiger partial charge in [-0.05, 0) is 79.4 Å². The zero-order valence-electron chi connectivity index (χ0n) is 23.8. The molecule has 2 aromatic carbocycles. The Hall–Kier alpha value is -3.43. The fourth-order valence-electron chi connectivity index (χ4n) is 4.54. The Labute approximate surface area is 235 Å². The number of hydrogen-bond donors (Lipinski definition) is 2. The number of pyridine rings is 1. The van der Waals surface area contributed by atoms with Gasteiger partial charge < -0.3 is 16.0 Å². The molecule has 6 nitrogen and oxygen atoms in total. The molecule has 216 valence electrons. The summed E-state index contributed by atoms with van der Waals surface area (Å²) in [6.45, 7) is 9.52. The fraction of sp³-hybridized carbons (Fsp3) is 0.419. The SMILES string of the molecule is CCCc1ccc(C(=O)Nc2ccc(CN3CCN(C)CC3)c(C(F)(F)F)c2)cc1C.CCc1ccc(N)nc1. The molecule has 9 heteroatoms. The van der Waals surface area contributed by atoms with E-state index in [9.17, 15) is 18.0 Å². The Morgan fingerprint density at radius 2 is 1.70 bits per heavy atom. The molecule has 4 rings (SSSR count). The molecule has 0 atom stereocenters. The van der Waals surface area contributed by atoms with Crippen LogP contribution in [0.1, 0.15) is 58.4 Å². The average Bonchev–Trinajstić information content (AvgIpc) is 2.92. The number of nitrogens with two attached hydrogens (primary N) is 1. The van der Waals surface area contributed by atoms with E-state index in [1.165, 1.54) is 17.2 Å². The van der Waals surface area contributed by atoms with Crippen LogP contribution in [0.5, 0.6) is 0 Å². The number of likely N-dealkylation sites (N-methyl/N-ethyl adjacent to an activating group) is 1. The number of aryl methyl sites for hydroxylation is 3. The largest absolute Gasteiger partial charge is 0.416 e. The number of alkyl halides is 3. The van der Waals surface area contributed by atoms with E-state index >= 15 is 0 Å². The summed E-state index contributed by atoms with van der Waals surface area (Å²) in [6.07, 6.45) is 0.272. The lowest BCUT2D eigenvalue weighted by Crippen LogP contribution is -2.44. The quantitative estimate of drug-likeness (QED) is 0.364. The van der Waals surface area contributed by atoms with Crippen molar-refractivity contribution in [2.24, 2.45) is 0 Å². The molecule has 3 N–H and O–H groups in total. The van der Waals surface area contributed by atoms with Gasteiger partial charge in [-0.3, -0.25) is 9.69 Å². The lowest BCUT2D eigenvalue weighted by molar-refractivity contribution is -0.138. The van der Waals surface area contributed by atoms with E-state index in [4.69, 9.17) is 5.73 Å². The maximum Gasteiger partial charge on any atom is 0.416 e. The van der Waals surface area contributed by atoms with Crippen molar-refractivity contribution in [1.29, 1.82) is 0 Å². The maximum absolute atomic E-state index is 13.7. The Balaban J connectivity index is 0.000000415. The first-order valence-corrected chi connectivity index (χ1v) is 13.7. The third-order valence-corrected chi connectivity index (χ3v) is 7.04. The first-order valence-electron chi connectivity index (χ1n) is 13.7. The van der Waals surface area contributed by atoms with E-state index < -0.39 is 17.6 Å². The standard InChI is InChI=1S/C24H30F3N3O.C7H10N2/c1-4-5-18-6-7-19(14-17(18)2)23(31)28-21-9-8-20(22(15-21)24(25,26)27)16-30-12-10-29(3)11-13-30;1-2-6-3-4-7(8)9-5-6/h6-9,14-15H,4-5,10-13,16H2,1-3H3,(H,28,31);3-5H,2H2,1H3,(H2,8,9). The molecule has 0 saturated carbocycles. The number of rotatable bonds is 7. The van der Waals surface area contributed by atoms with Gasteiger partial charge in [0.15, 0.2) is 0 Å². The number of carbonyl (C=O) groups excluding carboxylic acids is 1. The summed E-state index contributed by atoms with van der Waals surface area (Å²) in [5, 5.41) is 2.63. The number of halogens is 3. The number of hydrogen-bond acceptors (Lipinski definition) is 5. The number of anilines is 2. The van der Waals surface area contributed by atoms with Crippen molar-refractivity contribution in [2.75, 3.05) is 44.3 Å². The monoisotopic (exact) mass is 555 g/mol. The number of benzene rings is 2. The zero-order valence-corrected chi connectivity index (χ0v) is 23.8. The molecule has 40 heavy (non-hydrogen) atoms. The van der Waals surface area contributed by atoms with Crippen molar-refractivity contribution < 1.29 is 18.0 Å². The number of piperazine rings is 1. The second kappa shape index (κ2) is 14.3. The lowest BCUT2D eigenvalue weighted by Gasteiger charge is -2.33. The van der Waals surface area contributed by atoms with Crippen LogP contribution in [-0.4, -0.2) is 53.9 Å². The van der Waals surface area contributed by atoms with Crippen LogP contribution in [0.15, 0.2) is 54.7 Å². The molecule has 0 aliphatic carbocycles. The van der Waals surface area contributed by atoms with Crippen LogP contribution in [0.25, 0.3) is 0 Å². The predicted molar refractivity (Wildman–Crippen MR) is 155 cm³/mol. The number of nitrogens with one attached hydrogen (secondary N) is 1. The summed E-state index contributed by atoms with van der Waals surface area (Å²) >= 11 is 0. The van der Waals surface area contributed by atoms with Gasteiger partial charge in [0.25, 0.3) is 5.91 Å². The van der Waals surface area contributed by atoms with Crippen LogP contribution in [0.4, 0.5) is 24.7 Å². The Kier molecular flexibility index (Phi) is 11.1. The van der Waals surface area contributed by atoms with Crippen LogP contribution in [-0.2, 0) is 25.6 Å². The van der Waals surface area contributed by atoms with Gasteiger partial charge >= 0.3 is 6.18 Å². The van der Waals surface area contributed by atoms with Gasteiger partial charge in [0, 0.05) is 50.2 Å². The van der Waals surface area contributed by atoms with Gasteiger partial charge in [0.1, 0.15) is 5.82 Å². The first kappa shape index (κ1) is 31.1. The van der Waals surface area contributed by atoms with E-state index in [0.717, 1.165) is 57.1 Å². The first-order chi connectivity index (χ1) is 19.0. The molecule has 3 aromatic rings. The third-order valence-electron chi connectivity index (χ3n) is 7.04. The van der Waals surface area contributed by atoms with E-state index in [0.29, 0.717) is 11.4 Å². The summed E-state index contributed by atoms with van der Waals surface area (Å²) in [5.74, 6) is 0.179. The highest BCUT2D eigenvalue weighted by Crippen LogP contribution is 2.34. The molecule has 1 amide bonds. The minimum absolute atomic E-state index is 0.148. The van der Waals surface area contributed by atoms with E-state index in [-0.39, 0.29) is 17.8 Å². The molecule has 0 unspecified atom stereocenters. The Morgan fingerprint density at radius 1 is 1.00 bits per heavy atom. The molecule has 1 aliphatic heterocycles. The van der Waals surface area contributed by atoms with Crippen molar-refractivity contribution in [2.45, 2.75) is 52.8 Å². The molecule has 0 spiro atoms. The van der Waals surface area contributed by atoms with Gasteiger partial charge in [0.2, 0.25) is 0 Å². The summed E-state index contributed by atoms with van der Waals surface area (Å²) < 4.78 is 41.2. The summed E-state index contributed by atoms with van der Waals surface area (Å²) in [6, 6.07) is 13.3. The highest BCUT2D eigenvalue weighted by molar-refractivity contribution is 6.04. The van der Waals surface area contributed by atoms with Crippen LogP contribution in [0.3, 0.4) is 0 Å². The fourth-order valence-corrected chi connectivity index (χ4v) is 4.54. The molecule has 2 heterocycles. The molecular weight excluding hydrogens is 515 g/mol. The number of carbonyl (C=O) groups is 1. The highest BCUT2D eigenvalue weighted by Gasteiger charge is 2.34. The third kappa shape index (κ3) is 9.06. The topological polar surface area (TPSA) is 74.5 Å². The predicted octanol–water partition coefficient (Wildman–Crippen LogP) is 6.19. The molecular formula is C31H40F3N5O. The van der Waals surface area contributed by atoms with Gasteiger partial charge in [-0.2, -0.15) is 13.2 Å². The molecule has 1 aromatic heterocycles. The van der Waals surface area contributed by atoms with E-state index in [1.54, 1.807) is 24.4 Å². The van der Waals surface area contributed by atoms with Crippen molar-refractivity contribution in [3.63, 3.8) is 0 Å². The van der Waals surface area contributed by atoms with Crippen LogP contribution in [0.2, 0.25) is 0 Å². The number of nitrogen functional groups attached to an aromatic ring is 1. The van der Waals surface area contributed by atoms with Crippen molar-refractivity contribution in [3.8, 4) is 0 Å². The van der Waals surface area contributed by atoms with Crippen molar-refractivity contribution in [1.82, 2.24) is 14.8 Å². The Morgan fingerprint density at radius 3 is 2.27 bits per heavy atom. The highest BCUT2D eigenvalue weighted by atomic mass is 19.4. The van der Waals surface area contributed by atoms with Crippen LogP contribution < -0.4 is 11.1 Å². The van der Waals surface area contributed by atoms with E-state index in [2.05, 4.69) is 29.0 Å². The molecule has 0 radical (unpaired) electrons. The smallest absolute Gasteiger partial charge is 0.384 e. The lowest BCUT2D eigenvalue weighted by atomic mass is 10.0. The Bertz CT molecular complexity index is 1250. The molecule has 1 fully saturated rings. The molecule has 1 aliphatic rings. The van der Waals surface area contributed by atoms with Gasteiger partial charge in [-0.25, -0.2) is 4.98 Å². The summed E-state index contributed by atoms with van der Waals surface area (Å²) in [4.78, 5) is 20.7. The van der Waals surface area contributed by atoms with Crippen LogP contribution in [0, 0.1) is 6.92 Å². The van der Waals surface area contributed by atoms with Gasteiger partial charge in [0.05, 0.1) is 5.56 Å². The van der Waals surface area contributed by atoms with Gasteiger partial charge in [-0.15, -0.1) is 0 Å². The van der Waals surface area contributed by atoms with E-state index in [1.807, 2.05) is 37.1 Å². The second-order valence-corrected chi connectivity index (χ2v) is 10.2. The average molecular weight is 556 g/mol. The summed E-state index contributed by atoms with van der Waals surface area (Å²) in [7, 11) is 2.01. The zero-order chi connectivity index (χ0) is 29.3. The van der Waals surface area contributed by atoms with Crippen molar-refractivity contribution >= 4 is 17.4 Å². The summed E-state index contributed by atoms with van der Waals surface area (Å²) in [5.41, 5.74) is 8.90.